The Kier molecular flexibility index (Phi) is 5.29. The molecule has 0 amide bonds. The van der Waals surface area contributed by atoms with Crippen LogP contribution in [0.2, 0.25) is 0 Å². The van der Waals surface area contributed by atoms with Crippen molar-refractivity contribution in [3.8, 4) is 5.75 Å². The second kappa shape index (κ2) is 6.51. The van der Waals surface area contributed by atoms with Gasteiger partial charge in [-0.3, -0.25) is 0 Å². The van der Waals surface area contributed by atoms with E-state index >= 15 is 0 Å². The molecule has 0 radical (unpaired) electrons. The summed E-state index contributed by atoms with van der Waals surface area (Å²) in [5.41, 5.74) is 2.11. The van der Waals surface area contributed by atoms with Crippen molar-refractivity contribution < 1.29 is 9.84 Å². The monoisotopic (exact) mass is 223 g/mol. The van der Waals surface area contributed by atoms with Gasteiger partial charge in [0.2, 0.25) is 0 Å². The minimum absolute atomic E-state index is 0.358. The number of rotatable bonds is 6. The number of aryl methyl sites for hydroxylation is 1. The fourth-order valence-electron chi connectivity index (χ4n) is 1.54. The van der Waals surface area contributed by atoms with Gasteiger partial charge in [0.05, 0.1) is 0 Å². The van der Waals surface area contributed by atoms with Gasteiger partial charge in [0, 0.05) is 31.9 Å². The molecule has 0 spiro atoms. The van der Waals surface area contributed by atoms with Gasteiger partial charge in [0.15, 0.2) is 0 Å². The third kappa shape index (κ3) is 4.21. The first-order chi connectivity index (χ1) is 7.63. The van der Waals surface area contributed by atoms with E-state index in [1.54, 1.807) is 13.2 Å². The predicted molar refractivity (Wildman–Crippen MR) is 65.6 cm³/mol. The number of methoxy groups -OCH3 is 1. The maximum absolute atomic E-state index is 9.66. The van der Waals surface area contributed by atoms with Crippen LogP contribution in [-0.2, 0) is 11.3 Å². The van der Waals surface area contributed by atoms with Gasteiger partial charge in [-0.1, -0.05) is 17.7 Å². The molecular weight excluding hydrogens is 202 g/mol. The molecule has 0 saturated heterocycles. The van der Waals surface area contributed by atoms with Crippen molar-refractivity contribution in [2.45, 2.75) is 32.9 Å². The molecule has 3 nitrogen and oxygen atoms in total. The van der Waals surface area contributed by atoms with Crippen LogP contribution >= 0.6 is 0 Å². The first-order valence-corrected chi connectivity index (χ1v) is 5.64. The molecule has 0 aliphatic carbocycles. The molecule has 1 unspecified atom stereocenters. The van der Waals surface area contributed by atoms with E-state index in [1.165, 1.54) is 5.56 Å². The number of hydrogen-bond acceptors (Lipinski definition) is 3. The van der Waals surface area contributed by atoms with Crippen molar-refractivity contribution in [1.29, 1.82) is 0 Å². The summed E-state index contributed by atoms with van der Waals surface area (Å²) in [4.78, 5) is 0. The Balaban J connectivity index is 2.44. The molecule has 90 valence electrons. The normalized spacial score (nSPS) is 12.7. The summed E-state index contributed by atoms with van der Waals surface area (Å²) >= 11 is 0. The molecule has 0 heterocycles. The van der Waals surface area contributed by atoms with Crippen LogP contribution in [0.5, 0.6) is 5.75 Å². The number of phenols is 1. The smallest absolute Gasteiger partial charge is 0.120 e. The lowest BCUT2D eigenvalue weighted by Gasteiger charge is -2.14. The highest BCUT2D eigenvalue weighted by molar-refractivity contribution is 5.35. The number of hydrogen-bond donors (Lipinski definition) is 2. The molecule has 1 atom stereocenters. The second-order valence-corrected chi connectivity index (χ2v) is 4.20. The Hall–Kier alpha value is -1.06. The zero-order valence-corrected chi connectivity index (χ0v) is 10.3. The summed E-state index contributed by atoms with van der Waals surface area (Å²) in [5.74, 6) is 0.358. The zero-order chi connectivity index (χ0) is 12.0. The Labute approximate surface area is 97.4 Å². The Morgan fingerprint density at radius 3 is 2.88 bits per heavy atom. The highest BCUT2D eigenvalue weighted by Crippen LogP contribution is 2.17. The Morgan fingerprint density at radius 2 is 2.19 bits per heavy atom. The van der Waals surface area contributed by atoms with E-state index in [9.17, 15) is 5.11 Å². The van der Waals surface area contributed by atoms with E-state index in [1.807, 2.05) is 19.1 Å². The number of phenolic OH excluding ortho intramolecular Hbond substituents is 1. The lowest BCUT2D eigenvalue weighted by Crippen LogP contribution is -2.26. The molecule has 0 fully saturated rings. The standard InChI is InChI=1S/C13H21NO2/c1-10-4-5-13(15)12(8-10)9-14-11(2)6-7-16-3/h4-5,8,11,14-15H,6-7,9H2,1-3H3. The summed E-state index contributed by atoms with van der Waals surface area (Å²) < 4.78 is 5.02. The van der Waals surface area contributed by atoms with Gasteiger partial charge in [-0.15, -0.1) is 0 Å². The van der Waals surface area contributed by atoms with Crippen molar-refractivity contribution in [3.05, 3.63) is 29.3 Å². The predicted octanol–water partition coefficient (Wildman–Crippen LogP) is 2.22. The van der Waals surface area contributed by atoms with Gasteiger partial charge in [-0.2, -0.15) is 0 Å². The molecule has 0 saturated carbocycles. The molecule has 3 heteroatoms. The largest absolute Gasteiger partial charge is 0.508 e. The zero-order valence-electron chi connectivity index (χ0n) is 10.3. The van der Waals surface area contributed by atoms with Crippen LogP contribution in [0.3, 0.4) is 0 Å². The minimum Gasteiger partial charge on any atom is -0.508 e. The third-order valence-electron chi connectivity index (χ3n) is 2.63. The molecule has 0 aromatic heterocycles. The lowest BCUT2D eigenvalue weighted by molar-refractivity contribution is 0.184. The first kappa shape index (κ1) is 13.0. The van der Waals surface area contributed by atoms with Crippen molar-refractivity contribution in [2.75, 3.05) is 13.7 Å². The van der Waals surface area contributed by atoms with E-state index in [-0.39, 0.29) is 0 Å². The number of nitrogens with one attached hydrogen (secondary N) is 1. The molecule has 1 aromatic carbocycles. The van der Waals surface area contributed by atoms with Gasteiger partial charge in [0.1, 0.15) is 5.75 Å². The molecule has 16 heavy (non-hydrogen) atoms. The number of aromatic hydroxyl groups is 1. The van der Waals surface area contributed by atoms with E-state index in [4.69, 9.17) is 4.74 Å². The second-order valence-electron chi connectivity index (χ2n) is 4.20. The molecule has 1 aromatic rings. The van der Waals surface area contributed by atoms with Crippen LogP contribution in [0, 0.1) is 6.92 Å². The quantitative estimate of drug-likeness (QED) is 0.777. The van der Waals surface area contributed by atoms with Crippen molar-refractivity contribution >= 4 is 0 Å². The average Bonchev–Trinajstić information content (AvgIpc) is 2.27. The van der Waals surface area contributed by atoms with E-state index in [0.29, 0.717) is 18.3 Å². The van der Waals surface area contributed by atoms with Gasteiger partial charge in [-0.25, -0.2) is 0 Å². The Bertz CT molecular complexity index is 326. The van der Waals surface area contributed by atoms with Crippen LogP contribution in [0.4, 0.5) is 0 Å². The minimum atomic E-state index is 0.358. The average molecular weight is 223 g/mol. The fourth-order valence-corrected chi connectivity index (χ4v) is 1.54. The van der Waals surface area contributed by atoms with Crippen LogP contribution < -0.4 is 5.32 Å². The first-order valence-electron chi connectivity index (χ1n) is 5.64. The van der Waals surface area contributed by atoms with E-state index in [0.717, 1.165) is 18.6 Å². The van der Waals surface area contributed by atoms with Crippen molar-refractivity contribution in [3.63, 3.8) is 0 Å². The summed E-state index contributed by atoms with van der Waals surface area (Å²) in [6, 6.07) is 6.05. The number of benzene rings is 1. The SMILES string of the molecule is COCCC(C)NCc1cc(C)ccc1O. The fraction of sp³-hybridized carbons (Fsp3) is 0.538. The van der Waals surface area contributed by atoms with Crippen LogP contribution in [0.1, 0.15) is 24.5 Å². The molecular formula is C13H21NO2. The molecule has 2 N–H and O–H groups in total. The van der Waals surface area contributed by atoms with Crippen LogP contribution in [0.25, 0.3) is 0 Å². The number of ether oxygens (including phenoxy) is 1. The van der Waals surface area contributed by atoms with Crippen molar-refractivity contribution in [1.82, 2.24) is 5.32 Å². The van der Waals surface area contributed by atoms with Crippen LogP contribution in [0.15, 0.2) is 18.2 Å². The van der Waals surface area contributed by atoms with Gasteiger partial charge in [0.25, 0.3) is 0 Å². The maximum Gasteiger partial charge on any atom is 0.120 e. The molecule has 1 rings (SSSR count). The maximum atomic E-state index is 9.66. The summed E-state index contributed by atoms with van der Waals surface area (Å²) in [5, 5.41) is 13.0. The topological polar surface area (TPSA) is 41.5 Å². The van der Waals surface area contributed by atoms with E-state index in [2.05, 4.69) is 12.2 Å². The van der Waals surface area contributed by atoms with Gasteiger partial charge < -0.3 is 15.2 Å². The van der Waals surface area contributed by atoms with Crippen molar-refractivity contribution in [2.24, 2.45) is 0 Å². The van der Waals surface area contributed by atoms with Gasteiger partial charge in [-0.05, 0) is 26.3 Å². The summed E-state index contributed by atoms with van der Waals surface area (Å²) in [6.07, 6.45) is 0.975. The highest BCUT2D eigenvalue weighted by Gasteiger charge is 2.04. The Morgan fingerprint density at radius 1 is 1.44 bits per heavy atom. The molecule has 0 aliphatic rings. The lowest BCUT2D eigenvalue weighted by atomic mass is 10.1. The summed E-state index contributed by atoms with van der Waals surface area (Å²) in [6.45, 7) is 5.59. The highest BCUT2D eigenvalue weighted by atomic mass is 16.5. The molecule has 0 bridgehead atoms. The van der Waals surface area contributed by atoms with Gasteiger partial charge >= 0.3 is 0 Å². The summed E-state index contributed by atoms with van der Waals surface area (Å²) in [7, 11) is 1.71. The van der Waals surface area contributed by atoms with E-state index < -0.39 is 0 Å². The molecule has 0 aliphatic heterocycles. The third-order valence-corrected chi connectivity index (χ3v) is 2.63. The van der Waals surface area contributed by atoms with Crippen LogP contribution in [-0.4, -0.2) is 24.9 Å².